The van der Waals surface area contributed by atoms with Gasteiger partial charge in [-0.1, -0.05) is 134 Å². The van der Waals surface area contributed by atoms with E-state index in [0.29, 0.717) is 11.8 Å². The van der Waals surface area contributed by atoms with E-state index >= 15 is 0 Å². The molecule has 4 nitrogen and oxygen atoms in total. The lowest BCUT2D eigenvalue weighted by molar-refractivity contribution is 0.744. The SMILES string of the molecule is C1=CC2c3ccccc3N(c3cccc(-n4c5c(c6ccccc64)-c4c(n(-c6cccc(N7c8ccccc8C8C=CC=CC87)c6)c6ccccc46)CC5)c3)C2C=C1. The van der Waals surface area contributed by atoms with E-state index in [1.54, 1.807) is 0 Å². The summed E-state index contributed by atoms with van der Waals surface area (Å²) in [5.41, 5.74) is 18.3. The Hall–Kier alpha value is -7.04. The third-order valence-electron chi connectivity index (χ3n) is 13.4. The molecular weight excluding hydrogens is 705 g/mol. The van der Waals surface area contributed by atoms with E-state index in [1.165, 1.54) is 89.6 Å². The van der Waals surface area contributed by atoms with Crippen molar-refractivity contribution in [2.75, 3.05) is 9.80 Å². The van der Waals surface area contributed by atoms with Gasteiger partial charge in [-0.2, -0.15) is 0 Å². The van der Waals surface area contributed by atoms with Crippen LogP contribution in [0, 0.1) is 0 Å². The van der Waals surface area contributed by atoms with Crippen molar-refractivity contribution in [2.45, 2.75) is 36.8 Å². The van der Waals surface area contributed by atoms with Gasteiger partial charge in [0.25, 0.3) is 0 Å². The fourth-order valence-electron chi connectivity index (χ4n) is 11.2. The highest BCUT2D eigenvalue weighted by Crippen LogP contribution is 2.51. The largest absolute Gasteiger partial charge is 0.333 e. The molecule has 0 radical (unpaired) electrons. The molecule has 4 heterocycles. The van der Waals surface area contributed by atoms with Crippen LogP contribution in [0.2, 0.25) is 0 Å². The van der Waals surface area contributed by atoms with Gasteiger partial charge < -0.3 is 18.9 Å². The van der Waals surface area contributed by atoms with Crippen molar-refractivity contribution in [2.24, 2.45) is 0 Å². The lowest BCUT2D eigenvalue weighted by Crippen LogP contribution is -2.28. The van der Waals surface area contributed by atoms with Crippen molar-refractivity contribution < 1.29 is 0 Å². The van der Waals surface area contributed by atoms with Crippen LogP contribution in [0.5, 0.6) is 0 Å². The van der Waals surface area contributed by atoms with Gasteiger partial charge in [-0.05, 0) is 84.6 Å². The fourth-order valence-corrected chi connectivity index (χ4v) is 11.2. The molecule has 13 rings (SSSR count). The minimum Gasteiger partial charge on any atom is -0.333 e. The predicted octanol–water partition coefficient (Wildman–Crippen LogP) is 12.8. The normalized spacial score (nSPS) is 20.6. The Balaban J connectivity index is 0.973. The van der Waals surface area contributed by atoms with Gasteiger partial charge in [0.2, 0.25) is 0 Å². The fraction of sp³-hybridized carbons (Fsp3) is 0.111. The molecule has 4 unspecified atom stereocenters. The summed E-state index contributed by atoms with van der Waals surface area (Å²) in [7, 11) is 0. The molecule has 58 heavy (non-hydrogen) atoms. The van der Waals surface area contributed by atoms with E-state index < -0.39 is 0 Å². The zero-order valence-corrected chi connectivity index (χ0v) is 32.0. The number of nitrogens with zero attached hydrogens (tertiary/aromatic N) is 4. The Morgan fingerprint density at radius 3 is 1.29 bits per heavy atom. The van der Waals surface area contributed by atoms with Crippen molar-refractivity contribution in [3.63, 3.8) is 0 Å². The first kappa shape index (κ1) is 32.1. The van der Waals surface area contributed by atoms with Crippen molar-refractivity contribution in [3.05, 3.63) is 217 Å². The van der Waals surface area contributed by atoms with Gasteiger partial charge in [0, 0.05) is 79.2 Å². The van der Waals surface area contributed by atoms with Gasteiger partial charge in [0.1, 0.15) is 0 Å². The topological polar surface area (TPSA) is 16.3 Å². The summed E-state index contributed by atoms with van der Waals surface area (Å²) in [5, 5.41) is 2.62. The maximum Gasteiger partial charge on any atom is 0.0629 e. The highest BCUT2D eigenvalue weighted by Gasteiger charge is 2.39. The standard InChI is InChI=1S/C54H40N4/c1-7-25-45-39(19-1)40-20-2-8-26-46(40)55(45)35-15-13-17-37(33-35)57-49-29-11-5-23-43(49)53-51(57)31-32-52-54(53)44-24-6-12-30-50(44)58(52)38-18-14-16-36(34-38)56-47-27-9-3-21-41(47)42-22-4-10-28-48(42)56/h1-30,33-34,39,41,45,47H,31-32H2. The smallest absolute Gasteiger partial charge is 0.0629 e. The van der Waals surface area contributed by atoms with Gasteiger partial charge in [-0.15, -0.1) is 0 Å². The van der Waals surface area contributed by atoms with Crippen LogP contribution in [0.1, 0.15) is 34.4 Å². The van der Waals surface area contributed by atoms with E-state index in [4.69, 9.17) is 0 Å². The van der Waals surface area contributed by atoms with Crippen LogP contribution in [0.15, 0.2) is 194 Å². The molecule has 0 saturated heterocycles. The average molecular weight is 745 g/mol. The first-order valence-electron chi connectivity index (χ1n) is 20.7. The molecule has 6 aromatic carbocycles. The number of aromatic nitrogens is 2. The predicted molar refractivity (Wildman–Crippen MR) is 240 cm³/mol. The zero-order valence-electron chi connectivity index (χ0n) is 32.0. The van der Waals surface area contributed by atoms with E-state index in [9.17, 15) is 0 Å². The second-order valence-electron chi connectivity index (χ2n) is 16.3. The minimum atomic E-state index is 0.262. The van der Waals surface area contributed by atoms with Crippen LogP contribution < -0.4 is 9.80 Å². The number of allylic oxidation sites excluding steroid dienone is 4. The van der Waals surface area contributed by atoms with E-state index in [0.717, 1.165) is 12.8 Å². The Labute approximate surface area is 338 Å². The van der Waals surface area contributed by atoms with Crippen LogP contribution in [0.25, 0.3) is 44.3 Å². The Morgan fingerprint density at radius 2 is 0.793 bits per heavy atom. The summed E-state index contributed by atoms with van der Waals surface area (Å²) in [6, 6.07) is 55.0. The molecule has 8 aromatic rings. The molecule has 5 aliphatic rings. The Kier molecular flexibility index (Phi) is 6.77. The third-order valence-corrected chi connectivity index (χ3v) is 13.4. The summed E-state index contributed by atoms with van der Waals surface area (Å²) in [6.45, 7) is 0. The molecule has 3 aliphatic carbocycles. The number of fused-ring (bicyclic) bond motifs is 13. The number of para-hydroxylation sites is 4. The molecule has 276 valence electrons. The van der Waals surface area contributed by atoms with E-state index in [-0.39, 0.29) is 12.1 Å². The molecule has 0 bridgehead atoms. The second-order valence-corrected chi connectivity index (χ2v) is 16.3. The molecule has 0 saturated carbocycles. The van der Waals surface area contributed by atoms with Crippen molar-refractivity contribution in [1.29, 1.82) is 0 Å². The molecule has 2 aliphatic heterocycles. The number of hydrogen-bond acceptors (Lipinski definition) is 2. The van der Waals surface area contributed by atoms with Crippen LogP contribution in [0.3, 0.4) is 0 Å². The van der Waals surface area contributed by atoms with Crippen LogP contribution in [0.4, 0.5) is 22.7 Å². The van der Waals surface area contributed by atoms with Crippen molar-refractivity contribution in [3.8, 4) is 22.5 Å². The van der Waals surface area contributed by atoms with E-state index in [2.05, 4.69) is 213 Å². The average Bonchev–Trinajstić information content (AvgIpc) is 4.01. The summed E-state index contributed by atoms with van der Waals surface area (Å²) >= 11 is 0. The molecule has 4 heteroatoms. The second kappa shape index (κ2) is 12.2. The highest BCUT2D eigenvalue weighted by atomic mass is 15.2. The van der Waals surface area contributed by atoms with Gasteiger partial charge >= 0.3 is 0 Å². The first-order valence-corrected chi connectivity index (χ1v) is 20.7. The number of hydrogen-bond donors (Lipinski definition) is 0. The molecule has 0 amide bonds. The van der Waals surface area contributed by atoms with Gasteiger partial charge in [0.15, 0.2) is 0 Å². The number of anilines is 4. The van der Waals surface area contributed by atoms with Crippen molar-refractivity contribution >= 4 is 44.6 Å². The summed E-state index contributed by atoms with van der Waals surface area (Å²) < 4.78 is 5.13. The zero-order chi connectivity index (χ0) is 37.9. The summed E-state index contributed by atoms with van der Waals surface area (Å²) in [5.74, 6) is 0.705. The molecule has 0 fully saturated rings. The van der Waals surface area contributed by atoms with Gasteiger partial charge in [-0.25, -0.2) is 0 Å². The van der Waals surface area contributed by atoms with Gasteiger partial charge in [0.05, 0.1) is 23.1 Å². The highest BCUT2D eigenvalue weighted by molar-refractivity contribution is 6.10. The van der Waals surface area contributed by atoms with E-state index in [1.807, 2.05) is 0 Å². The summed E-state index contributed by atoms with van der Waals surface area (Å²) in [6.07, 6.45) is 20.2. The molecular formula is C54H40N4. The number of benzene rings is 6. The Morgan fingerprint density at radius 1 is 0.379 bits per heavy atom. The van der Waals surface area contributed by atoms with Crippen LogP contribution >= 0.6 is 0 Å². The maximum absolute atomic E-state index is 2.56. The summed E-state index contributed by atoms with van der Waals surface area (Å²) in [4.78, 5) is 5.09. The molecule has 0 N–H and O–H groups in total. The van der Waals surface area contributed by atoms with Crippen LogP contribution in [-0.4, -0.2) is 21.2 Å². The monoisotopic (exact) mass is 744 g/mol. The Bertz CT molecular complexity index is 2920. The number of rotatable bonds is 4. The van der Waals surface area contributed by atoms with Crippen LogP contribution in [-0.2, 0) is 12.8 Å². The minimum absolute atomic E-state index is 0.262. The molecule has 0 spiro atoms. The first-order chi connectivity index (χ1) is 28.8. The lowest BCUT2D eigenvalue weighted by atomic mass is 9.91. The van der Waals surface area contributed by atoms with Crippen molar-refractivity contribution in [1.82, 2.24) is 9.13 Å². The molecule has 2 aromatic heterocycles. The quantitative estimate of drug-likeness (QED) is 0.178. The van der Waals surface area contributed by atoms with Gasteiger partial charge in [-0.3, -0.25) is 0 Å². The maximum atomic E-state index is 2.56. The third kappa shape index (κ3) is 4.40. The molecule has 4 atom stereocenters. The lowest BCUT2D eigenvalue weighted by Gasteiger charge is -2.29.